The third-order valence-corrected chi connectivity index (χ3v) is 3.74. The maximum Gasteiger partial charge on any atom is 0.256 e. The lowest BCUT2D eigenvalue weighted by Crippen LogP contribution is -2.15. The highest BCUT2D eigenvalue weighted by atomic mass is 16.6. The summed E-state index contributed by atoms with van der Waals surface area (Å²) in [5.74, 6) is 0.677. The molecule has 120 valence electrons. The molecule has 4 heteroatoms. The minimum absolute atomic E-state index is 0.104. The third-order valence-electron chi connectivity index (χ3n) is 3.74. The van der Waals surface area contributed by atoms with Gasteiger partial charge >= 0.3 is 0 Å². The molecular weight excluding hydrogens is 290 g/mol. The SMILES string of the molecule is CCCc1c(OCC2CO2)cccc1C(=O)Nc1ccccc1. The van der Waals surface area contributed by atoms with Crippen molar-refractivity contribution in [2.45, 2.75) is 25.9 Å². The molecule has 2 aromatic carbocycles. The molecule has 0 bridgehead atoms. The zero-order valence-corrected chi connectivity index (χ0v) is 13.2. The minimum Gasteiger partial charge on any atom is -0.490 e. The first-order chi connectivity index (χ1) is 11.3. The van der Waals surface area contributed by atoms with Crippen molar-refractivity contribution < 1.29 is 14.3 Å². The van der Waals surface area contributed by atoms with E-state index in [1.807, 2.05) is 48.5 Å². The van der Waals surface area contributed by atoms with Crippen LogP contribution in [0.5, 0.6) is 5.75 Å². The standard InChI is InChI=1S/C19H21NO3/c1-2-7-16-17(19(21)20-14-8-4-3-5-9-14)10-6-11-18(16)23-13-15-12-22-15/h3-6,8-11,15H,2,7,12-13H2,1H3,(H,20,21). The van der Waals surface area contributed by atoms with E-state index in [0.717, 1.165) is 36.4 Å². The number of amides is 1. The number of nitrogens with one attached hydrogen (secondary N) is 1. The van der Waals surface area contributed by atoms with E-state index >= 15 is 0 Å². The average molecular weight is 311 g/mol. The van der Waals surface area contributed by atoms with E-state index < -0.39 is 0 Å². The van der Waals surface area contributed by atoms with E-state index in [1.54, 1.807) is 0 Å². The summed E-state index contributed by atoms with van der Waals surface area (Å²) in [7, 11) is 0. The Balaban J connectivity index is 1.81. The van der Waals surface area contributed by atoms with Crippen molar-refractivity contribution in [3.8, 4) is 5.75 Å². The van der Waals surface area contributed by atoms with Crippen molar-refractivity contribution in [3.63, 3.8) is 0 Å². The van der Waals surface area contributed by atoms with Gasteiger partial charge in [-0.15, -0.1) is 0 Å². The number of anilines is 1. The first-order valence-electron chi connectivity index (χ1n) is 8.00. The summed E-state index contributed by atoms with van der Waals surface area (Å²) in [4.78, 5) is 12.6. The molecule has 3 rings (SSSR count). The second-order valence-electron chi connectivity index (χ2n) is 5.62. The smallest absolute Gasteiger partial charge is 0.256 e. The van der Waals surface area contributed by atoms with E-state index in [9.17, 15) is 4.79 Å². The van der Waals surface area contributed by atoms with Gasteiger partial charge in [0.25, 0.3) is 5.91 Å². The summed E-state index contributed by atoms with van der Waals surface area (Å²) < 4.78 is 11.0. The van der Waals surface area contributed by atoms with Crippen LogP contribution in [0.2, 0.25) is 0 Å². The van der Waals surface area contributed by atoms with Gasteiger partial charge in [0.2, 0.25) is 0 Å². The van der Waals surface area contributed by atoms with E-state index in [1.165, 1.54) is 0 Å². The van der Waals surface area contributed by atoms with Crippen molar-refractivity contribution in [1.29, 1.82) is 0 Å². The van der Waals surface area contributed by atoms with E-state index in [0.29, 0.717) is 12.2 Å². The first-order valence-corrected chi connectivity index (χ1v) is 8.00. The Labute approximate surface area is 136 Å². The van der Waals surface area contributed by atoms with Crippen molar-refractivity contribution in [1.82, 2.24) is 0 Å². The summed E-state index contributed by atoms with van der Waals surface area (Å²) in [6, 6.07) is 15.1. The fourth-order valence-electron chi connectivity index (χ4n) is 2.49. The van der Waals surface area contributed by atoms with Gasteiger partial charge in [-0.25, -0.2) is 0 Å². The molecule has 1 saturated heterocycles. The van der Waals surface area contributed by atoms with Crippen LogP contribution in [0, 0.1) is 0 Å². The van der Waals surface area contributed by atoms with Crippen LogP contribution in [-0.4, -0.2) is 25.2 Å². The van der Waals surface area contributed by atoms with E-state index in [4.69, 9.17) is 9.47 Å². The second kappa shape index (κ2) is 7.29. The van der Waals surface area contributed by atoms with Crippen LogP contribution in [0.25, 0.3) is 0 Å². The monoisotopic (exact) mass is 311 g/mol. The van der Waals surface area contributed by atoms with Gasteiger partial charge in [0.05, 0.1) is 6.61 Å². The fourth-order valence-corrected chi connectivity index (χ4v) is 2.49. The molecule has 1 aliphatic heterocycles. The number of carbonyl (C=O) groups excluding carboxylic acids is 1. The Morgan fingerprint density at radius 2 is 2.00 bits per heavy atom. The lowest BCUT2D eigenvalue weighted by molar-refractivity contribution is 0.102. The van der Waals surface area contributed by atoms with Crippen LogP contribution >= 0.6 is 0 Å². The molecule has 0 aliphatic carbocycles. The number of epoxide rings is 1. The zero-order chi connectivity index (χ0) is 16.1. The van der Waals surface area contributed by atoms with Gasteiger partial charge in [-0.2, -0.15) is 0 Å². The Bertz CT molecular complexity index is 666. The molecule has 0 saturated carbocycles. The van der Waals surface area contributed by atoms with Crippen LogP contribution in [0.4, 0.5) is 5.69 Å². The quantitative estimate of drug-likeness (QED) is 0.794. The van der Waals surface area contributed by atoms with Crippen molar-refractivity contribution >= 4 is 11.6 Å². The van der Waals surface area contributed by atoms with Crippen LogP contribution in [-0.2, 0) is 11.2 Å². The van der Waals surface area contributed by atoms with Gasteiger partial charge in [0.15, 0.2) is 0 Å². The largest absolute Gasteiger partial charge is 0.490 e. The zero-order valence-electron chi connectivity index (χ0n) is 13.2. The summed E-state index contributed by atoms with van der Waals surface area (Å²) in [6.45, 7) is 3.40. The van der Waals surface area contributed by atoms with E-state index in [2.05, 4.69) is 12.2 Å². The van der Waals surface area contributed by atoms with Crippen molar-refractivity contribution in [3.05, 3.63) is 59.7 Å². The van der Waals surface area contributed by atoms with Gasteiger partial charge in [-0.05, 0) is 30.7 Å². The lowest BCUT2D eigenvalue weighted by Gasteiger charge is -2.15. The summed E-state index contributed by atoms with van der Waals surface area (Å²) in [6.07, 6.45) is 1.96. The highest BCUT2D eigenvalue weighted by molar-refractivity contribution is 6.05. The summed E-state index contributed by atoms with van der Waals surface area (Å²) in [5.41, 5.74) is 2.42. The number of hydrogen-bond donors (Lipinski definition) is 1. The van der Waals surface area contributed by atoms with Crippen molar-refractivity contribution in [2.75, 3.05) is 18.5 Å². The molecule has 2 aromatic rings. The molecule has 1 unspecified atom stereocenters. The number of rotatable bonds is 7. The highest BCUT2D eigenvalue weighted by Crippen LogP contribution is 2.26. The Hall–Kier alpha value is -2.33. The topological polar surface area (TPSA) is 50.9 Å². The Morgan fingerprint density at radius 3 is 2.70 bits per heavy atom. The first kappa shape index (κ1) is 15.6. The molecule has 1 aliphatic rings. The van der Waals surface area contributed by atoms with Gasteiger partial charge in [0, 0.05) is 16.8 Å². The van der Waals surface area contributed by atoms with Crippen LogP contribution in [0.3, 0.4) is 0 Å². The predicted octanol–water partition coefficient (Wildman–Crippen LogP) is 3.67. The molecular formula is C19H21NO3. The maximum atomic E-state index is 12.6. The number of benzene rings is 2. The summed E-state index contributed by atoms with van der Waals surface area (Å²) in [5, 5.41) is 2.94. The van der Waals surface area contributed by atoms with Crippen LogP contribution in [0.1, 0.15) is 29.3 Å². The van der Waals surface area contributed by atoms with Gasteiger partial charge in [-0.1, -0.05) is 37.6 Å². The molecule has 23 heavy (non-hydrogen) atoms. The molecule has 4 nitrogen and oxygen atoms in total. The fraction of sp³-hybridized carbons (Fsp3) is 0.316. The molecule has 1 amide bonds. The van der Waals surface area contributed by atoms with Gasteiger partial charge in [-0.3, -0.25) is 4.79 Å². The molecule has 0 spiro atoms. The van der Waals surface area contributed by atoms with Crippen LogP contribution in [0.15, 0.2) is 48.5 Å². The van der Waals surface area contributed by atoms with E-state index in [-0.39, 0.29) is 12.0 Å². The molecule has 0 radical (unpaired) electrons. The third kappa shape index (κ3) is 4.11. The molecule has 1 atom stereocenters. The highest BCUT2D eigenvalue weighted by Gasteiger charge is 2.24. The molecule has 0 aromatic heterocycles. The molecule has 1 N–H and O–H groups in total. The predicted molar refractivity (Wildman–Crippen MR) is 90.1 cm³/mol. The second-order valence-corrected chi connectivity index (χ2v) is 5.62. The normalized spacial score (nSPS) is 16.0. The number of carbonyl (C=O) groups is 1. The average Bonchev–Trinajstić information content (AvgIpc) is 3.39. The molecule has 1 fully saturated rings. The number of hydrogen-bond acceptors (Lipinski definition) is 3. The van der Waals surface area contributed by atoms with Crippen molar-refractivity contribution in [2.24, 2.45) is 0 Å². The molecule has 1 heterocycles. The minimum atomic E-state index is -0.104. The van der Waals surface area contributed by atoms with Gasteiger partial charge < -0.3 is 14.8 Å². The number of ether oxygens (including phenoxy) is 2. The maximum absolute atomic E-state index is 12.6. The van der Waals surface area contributed by atoms with Gasteiger partial charge in [0.1, 0.15) is 18.5 Å². The lowest BCUT2D eigenvalue weighted by atomic mass is 10.0. The Morgan fingerprint density at radius 1 is 1.22 bits per heavy atom. The summed E-state index contributed by atoms with van der Waals surface area (Å²) >= 11 is 0. The van der Waals surface area contributed by atoms with Crippen LogP contribution < -0.4 is 10.1 Å². The Kier molecular flexibility index (Phi) is 4.93. The number of para-hydroxylation sites is 1.